The number of aliphatic carboxylic acids is 1. The molecule has 0 spiro atoms. The maximum atomic E-state index is 12.5. The summed E-state index contributed by atoms with van der Waals surface area (Å²) in [6.45, 7) is 10.6. The van der Waals surface area contributed by atoms with E-state index in [0.717, 1.165) is 11.1 Å². The first-order chi connectivity index (χ1) is 11.5. The van der Waals surface area contributed by atoms with Crippen molar-refractivity contribution in [3.05, 3.63) is 35.7 Å². The number of hydrogen-bond donors (Lipinski definition) is 2. The van der Waals surface area contributed by atoms with E-state index in [0.29, 0.717) is 0 Å². The Labute approximate surface area is 153 Å². The molecule has 0 aliphatic carbocycles. The average molecular weight is 362 g/mol. The van der Waals surface area contributed by atoms with Crippen LogP contribution in [-0.4, -0.2) is 30.9 Å². The van der Waals surface area contributed by atoms with Crippen molar-refractivity contribution < 1.29 is 14.5 Å². The van der Waals surface area contributed by atoms with Gasteiger partial charge in [0.05, 0.1) is 11.5 Å². The molecule has 3 atom stereocenters. The summed E-state index contributed by atoms with van der Waals surface area (Å²) in [5.74, 6) is 4.01. The average Bonchev–Trinajstić information content (AvgIpc) is 2.52. The third kappa shape index (κ3) is 6.20. The summed E-state index contributed by atoms with van der Waals surface area (Å²) in [6, 6.07) is 1.87. The summed E-state index contributed by atoms with van der Waals surface area (Å²) in [7, 11) is 0. The summed E-state index contributed by atoms with van der Waals surface area (Å²) in [5, 5.41) is 9.44. The van der Waals surface area contributed by atoms with Crippen LogP contribution in [0.5, 0.6) is 0 Å². The predicted molar refractivity (Wildman–Crippen MR) is 102 cm³/mol. The molecule has 0 saturated carbocycles. The van der Waals surface area contributed by atoms with Crippen LogP contribution in [0.1, 0.15) is 52.7 Å². The molecule has 1 aromatic rings. The third-order valence-corrected chi connectivity index (χ3v) is 5.53. The molecule has 0 fully saturated rings. The van der Waals surface area contributed by atoms with Gasteiger partial charge in [-0.15, -0.1) is 10.6 Å². The number of nitrogens with one attached hydrogen (secondary N) is 1. The van der Waals surface area contributed by atoms with Crippen LogP contribution in [0.3, 0.4) is 0 Å². The Hall–Kier alpha value is -1.81. The molecule has 1 unspecified atom stereocenters. The highest BCUT2D eigenvalue weighted by atomic mass is 32.2. The second-order valence-electron chi connectivity index (χ2n) is 7.04. The SMILES string of the molecule is CC#Cc1cncc(C=CC(C)(N[S@+]([O-])C(C)(C)C)[C@H](C)C(=O)O)c1. The van der Waals surface area contributed by atoms with Crippen molar-refractivity contribution in [2.75, 3.05) is 0 Å². The summed E-state index contributed by atoms with van der Waals surface area (Å²) in [5.41, 5.74) is 0.590. The van der Waals surface area contributed by atoms with E-state index in [9.17, 15) is 14.5 Å². The molecular weight excluding hydrogens is 336 g/mol. The van der Waals surface area contributed by atoms with Crippen LogP contribution in [0.25, 0.3) is 6.08 Å². The van der Waals surface area contributed by atoms with Gasteiger partial charge < -0.3 is 9.66 Å². The molecule has 0 aromatic carbocycles. The van der Waals surface area contributed by atoms with E-state index in [1.165, 1.54) is 0 Å². The van der Waals surface area contributed by atoms with Gasteiger partial charge in [-0.2, -0.15) is 0 Å². The molecule has 1 heterocycles. The maximum absolute atomic E-state index is 12.5. The molecule has 1 rings (SSSR count). The lowest BCUT2D eigenvalue weighted by Crippen LogP contribution is -2.55. The fourth-order valence-electron chi connectivity index (χ4n) is 1.91. The molecule has 0 radical (unpaired) electrons. The smallest absolute Gasteiger partial charge is 0.308 e. The standard InChI is InChI=1S/C19H26N2O3S/c1-7-8-15-11-16(13-20-12-15)9-10-19(6,14(2)17(22)23)21-25(24)18(3,4)5/h9-14,21H,1-6H3,(H,22,23)/t14-,19?,25-/m1/s1. The van der Waals surface area contributed by atoms with Gasteiger partial charge in [-0.25, -0.2) is 0 Å². The van der Waals surface area contributed by atoms with Crippen molar-refractivity contribution in [1.82, 2.24) is 9.71 Å². The molecule has 0 bridgehead atoms. The second kappa shape index (κ2) is 8.52. The monoisotopic (exact) mass is 362 g/mol. The van der Waals surface area contributed by atoms with Gasteiger partial charge in [-0.05, 0) is 53.2 Å². The fourth-order valence-corrected chi connectivity index (χ4v) is 2.86. The van der Waals surface area contributed by atoms with Crippen LogP contribution < -0.4 is 4.72 Å². The highest BCUT2D eigenvalue weighted by Gasteiger charge is 2.41. The van der Waals surface area contributed by atoms with Crippen molar-refractivity contribution in [3.63, 3.8) is 0 Å². The number of nitrogens with zero attached hydrogens (tertiary/aromatic N) is 1. The lowest BCUT2D eigenvalue weighted by molar-refractivity contribution is -0.142. The maximum Gasteiger partial charge on any atom is 0.308 e. The second-order valence-corrected chi connectivity index (χ2v) is 9.01. The van der Waals surface area contributed by atoms with E-state index in [-0.39, 0.29) is 0 Å². The molecule has 136 valence electrons. The highest BCUT2D eigenvalue weighted by Crippen LogP contribution is 2.25. The van der Waals surface area contributed by atoms with Gasteiger partial charge in [-0.3, -0.25) is 9.78 Å². The van der Waals surface area contributed by atoms with Crippen LogP contribution in [0, 0.1) is 17.8 Å². The topological polar surface area (TPSA) is 85.3 Å². The molecule has 6 heteroatoms. The lowest BCUT2D eigenvalue weighted by Gasteiger charge is -2.35. The minimum atomic E-state index is -1.41. The van der Waals surface area contributed by atoms with Crippen LogP contribution in [0.15, 0.2) is 24.5 Å². The quantitative estimate of drug-likeness (QED) is 0.600. The van der Waals surface area contributed by atoms with E-state index in [2.05, 4.69) is 21.5 Å². The Bertz CT molecular complexity index is 701. The Morgan fingerprint density at radius 1 is 1.40 bits per heavy atom. The van der Waals surface area contributed by atoms with Crippen molar-refractivity contribution in [2.24, 2.45) is 5.92 Å². The van der Waals surface area contributed by atoms with E-state index in [1.54, 1.807) is 45.3 Å². The van der Waals surface area contributed by atoms with Crippen molar-refractivity contribution in [2.45, 2.75) is 51.8 Å². The first kappa shape index (κ1) is 21.2. The Kier molecular flexibility index (Phi) is 7.24. The molecule has 5 nitrogen and oxygen atoms in total. The van der Waals surface area contributed by atoms with Crippen LogP contribution in [0.4, 0.5) is 0 Å². The molecule has 1 aromatic heterocycles. The van der Waals surface area contributed by atoms with Gasteiger partial charge in [-0.1, -0.05) is 18.1 Å². The van der Waals surface area contributed by atoms with Gasteiger partial charge in [0, 0.05) is 29.3 Å². The number of rotatable bonds is 6. The van der Waals surface area contributed by atoms with Crippen molar-refractivity contribution in [1.29, 1.82) is 0 Å². The first-order valence-corrected chi connectivity index (χ1v) is 9.14. The number of carbonyl (C=O) groups is 1. The zero-order valence-corrected chi connectivity index (χ0v) is 16.4. The van der Waals surface area contributed by atoms with Crippen LogP contribution in [0.2, 0.25) is 0 Å². The first-order valence-electron chi connectivity index (χ1n) is 7.99. The molecule has 0 aliphatic rings. The minimum Gasteiger partial charge on any atom is -0.598 e. The Morgan fingerprint density at radius 2 is 2.04 bits per heavy atom. The largest absolute Gasteiger partial charge is 0.598 e. The third-order valence-electron chi connectivity index (χ3n) is 3.79. The van der Waals surface area contributed by atoms with E-state index in [4.69, 9.17) is 0 Å². The zero-order valence-electron chi connectivity index (χ0n) is 15.6. The summed E-state index contributed by atoms with van der Waals surface area (Å²) >= 11 is -1.41. The fraction of sp³-hybridized carbons (Fsp3) is 0.474. The van der Waals surface area contributed by atoms with Gasteiger partial charge in [0.15, 0.2) is 0 Å². The Balaban J connectivity index is 3.17. The molecular formula is C19H26N2O3S. The normalized spacial score (nSPS) is 16.6. The van der Waals surface area contributed by atoms with Crippen molar-refractivity contribution >= 4 is 23.4 Å². The van der Waals surface area contributed by atoms with Gasteiger partial charge >= 0.3 is 5.97 Å². The number of aromatic nitrogens is 1. The summed E-state index contributed by atoms with van der Waals surface area (Å²) in [6.07, 6.45) is 6.85. The molecule has 25 heavy (non-hydrogen) atoms. The van der Waals surface area contributed by atoms with Crippen molar-refractivity contribution in [3.8, 4) is 11.8 Å². The van der Waals surface area contributed by atoms with E-state index < -0.39 is 33.5 Å². The number of hydrogen-bond acceptors (Lipinski definition) is 4. The lowest BCUT2D eigenvalue weighted by atomic mass is 9.87. The molecule has 0 aliphatic heterocycles. The number of pyridine rings is 1. The highest BCUT2D eigenvalue weighted by molar-refractivity contribution is 7.90. The molecule has 2 N–H and O–H groups in total. The van der Waals surface area contributed by atoms with E-state index >= 15 is 0 Å². The molecule has 0 saturated heterocycles. The summed E-state index contributed by atoms with van der Waals surface area (Å²) < 4.78 is 15.0. The number of carboxylic acid groups (broad SMARTS) is 1. The van der Waals surface area contributed by atoms with Gasteiger partial charge in [0.2, 0.25) is 0 Å². The van der Waals surface area contributed by atoms with Crippen LogP contribution in [-0.2, 0) is 16.2 Å². The number of carboxylic acids is 1. The van der Waals surface area contributed by atoms with E-state index in [1.807, 2.05) is 26.8 Å². The molecule has 0 amide bonds. The van der Waals surface area contributed by atoms with Crippen LogP contribution >= 0.6 is 0 Å². The zero-order chi connectivity index (χ0) is 19.3. The van der Waals surface area contributed by atoms with Gasteiger partial charge in [0.25, 0.3) is 0 Å². The minimum absolute atomic E-state index is 0.508. The summed E-state index contributed by atoms with van der Waals surface area (Å²) in [4.78, 5) is 15.7. The Morgan fingerprint density at radius 3 is 2.56 bits per heavy atom. The van der Waals surface area contributed by atoms with Gasteiger partial charge in [0.1, 0.15) is 4.75 Å². The predicted octanol–water partition coefficient (Wildman–Crippen LogP) is 3.00.